The summed E-state index contributed by atoms with van der Waals surface area (Å²) in [7, 11) is 0. The summed E-state index contributed by atoms with van der Waals surface area (Å²) in [6.07, 6.45) is 0.416. The maximum absolute atomic E-state index is 13.6. The van der Waals surface area contributed by atoms with Crippen LogP contribution in [0.1, 0.15) is 12.5 Å². The molecule has 0 fully saturated rings. The molecule has 0 saturated heterocycles. The second-order valence-corrected chi connectivity index (χ2v) is 5.00. The van der Waals surface area contributed by atoms with Gasteiger partial charge in [-0.05, 0) is 31.0 Å². The molecule has 1 atom stereocenters. The van der Waals surface area contributed by atoms with Gasteiger partial charge in [0.05, 0.1) is 0 Å². The van der Waals surface area contributed by atoms with Gasteiger partial charge in [-0.1, -0.05) is 22.5 Å². The monoisotopic (exact) mass is 305 g/mol. The topological polar surface area (TPSA) is 35.2 Å². The molecule has 0 heterocycles. The van der Waals surface area contributed by atoms with E-state index in [0.717, 1.165) is 0 Å². The van der Waals surface area contributed by atoms with Crippen molar-refractivity contribution in [1.82, 2.24) is 0 Å². The maximum atomic E-state index is 13.6. The van der Waals surface area contributed by atoms with Crippen LogP contribution in [0.15, 0.2) is 23.2 Å². The molecule has 0 aliphatic rings. The Kier molecular flexibility index (Phi) is 5.08. The fourth-order valence-electron chi connectivity index (χ4n) is 1.39. The zero-order chi connectivity index (χ0) is 13.0. The third-order valence-electron chi connectivity index (χ3n) is 1.99. The molecule has 0 spiro atoms. The van der Waals surface area contributed by atoms with Crippen molar-refractivity contribution in [2.45, 2.75) is 19.4 Å². The summed E-state index contributed by atoms with van der Waals surface area (Å²) in [5, 5.41) is 0. The van der Waals surface area contributed by atoms with E-state index in [-0.39, 0.29) is 18.4 Å². The average Bonchev–Trinajstić information content (AvgIpc) is 2.14. The van der Waals surface area contributed by atoms with Gasteiger partial charge in [-0.3, -0.25) is 0 Å². The summed E-state index contributed by atoms with van der Waals surface area (Å²) in [6.45, 7) is 5.30. The van der Waals surface area contributed by atoms with Crippen LogP contribution in [-0.4, -0.2) is 12.6 Å². The number of rotatable bonds is 5. The average molecular weight is 306 g/mol. The third kappa shape index (κ3) is 4.44. The van der Waals surface area contributed by atoms with Gasteiger partial charge in [-0.2, -0.15) is 0 Å². The van der Waals surface area contributed by atoms with E-state index in [0.29, 0.717) is 16.5 Å². The fraction of sp³-hybridized carbons (Fsp3) is 0.333. The van der Waals surface area contributed by atoms with Crippen molar-refractivity contribution < 1.29 is 13.5 Å². The highest BCUT2D eigenvalue weighted by molar-refractivity contribution is 9.11. The molecule has 0 saturated carbocycles. The van der Waals surface area contributed by atoms with Crippen molar-refractivity contribution in [3.8, 4) is 5.75 Å². The molecule has 1 unspecified atom stereocenters. The lowest BCUT2D eigenvalue weighted by molar-refractivity contribution is 0.318. The van der Waals surface area contributed by atoms with Crippen LogP contribution in [0.2, 0.25) is 0 Å². The highest BCUT2D eigenvalue weighted by Crippen LogP contribution is 2.24. The van der Waals surface area contributed by atoms with Gasteiger partial charge in [0.15, 0.2) is 17.4 Å². The Labute approximate surface area is 108 Å². The Bertz CT molecular complexity index is 398. The lowest BCUT2D eigenvalue weighted by Gasteiger charge is -2.10. The maximum Gasteiger partial charge on any atom is 0.191 e. The van der Waals surface area contributed by atoms with Crippen molar-refractivity contribution in [2.24, 2.45) is 5.73 Å². The van der Waals surface area contributed by atoms with Crippen molar-refractivity contribution in [3.05, 3.63) is 40.4 Å². The van der Waals surface area contributed by atoms with E-state index in [4.69, 9.17) is 10.5 Å². The number of ether oxygens (including phenoxy) is 1. The molecule has 2 nitrogen and oxygen atoms in total. The van der Waals surface area contributed by atoms with Gasteiger partial charge in [0, 0.05) is 10.5 Å². The van der Waals surface area contributed by atoms with Crippen LogP contribution in [-0.2, 0) is 6.42 Å². The summed E-state index contributed by atoms with van der Waals surface area (Å²) in [6, 6.07) is 2.32. The van der Waals surface area contributed by atoms with E-state index >= 15 is 0 Å². The smallest absolute Gasteiger partial charge is 0.191 e. The number of hydrogen-bond acceptors (Lipinski definition) is 2. The molecular formula is C12H14BrF2NO. The molecule has 94 valence electrons. The van der Waals surface area contributed by atoms with Crippen LogP contribution >= 0.6 is 15.9 Å². The molecule has 1 rings (SSSR count). The number of benzene rings is 1. The predicted octanol–water partition coefficient (Wildman–Crippen LogP) is 3.14. The van der Waals surface area contributed by atoms with Crippen LogP contribution in [0.3, 0.4) is 0 Å². The number of halogens is 3. The molecule has 0 bridgehead atoms. The molecule has 0 aliphatic heterocycles. The molecule has 0 aliphatic carbocycles. The Morgan fingerprint density at radius 3 is 2.41 bits per heavy atom. The van der Waals surface area contributed by atoms with Crippen LogP contribution < -0.4 is 10.5 Å². The predicted molar refractivity (Wildman–Crippen MR) is 67.3 cm³/mol. The minimum Gasteiger partial charge on any atom is -0.482 e. The first-order chi connectivity index (χ1) is 7.90. The van der Waals surface area contributed by atoms with Gasteiger partial charge >= 0.3 is 0 Å². The summed E-state index contributed by atoms with van der Waals surface area (Å²) in [5.74, 6) is -1.84. The first-order valence-corrected chi connectivity index (χ1v) is 5.89. The van der Waals surface area contributed by atoms with Crippen LogP contribution in [0.5, 0.6) is 5.75 Å². The van der Waals surface area contributed by atoms with Gasteiger partial charge in [0.1, 0.15) is 6.61 Å². The Morgan fingerprint density at radius 2 is 2.00 bits per heavy atom. The van der Waals surface area contributed by atoms with Crippen molar-refractivity contribution in [1.29, 1.82) is 0 Å². The summed E-state index contributed by atoms with van der Waals surface area (Å²) < 4.78 is 32.6. The second kappa shape index (κ2) is 6.12. The minimum atomic E-state index is -0.727. The Morgan fingerprint density at radius 1 is 1.47 bits per heavy atom. The first-order valence-electron chi connectivity index (χ1n) is 5.09. The van der Waals surface area contributed by atoms with E-state index in [1.165, 1.54) is 12.1 Å². The standard InChI is InChI=1S/C12H14BrF2NO/c1-7(13)6-17-12-10(14)4-9(3-8(2)16)5-11(12)15/h4-5,8H,1,3,6,16H2,2H3. The minimum absolute atomic E-state index is 0.0144. The molecule has 0 amide bonds. The normalized spacial score (nSPS) is 12.3. The van der Waals surface area contributed by atoms with Gasteiger partial charge in [0.25, 0.3) is 0 Å². The zero-order valence-electron chi connectivity index (χ0n) is 9.47. The molecule has 5 heteroatoms. The molecule has 17 heavy (non-hydrogen) atoms. The summed E-state index contributed by atoms with van der Waals surface area (Å²) in [5.41, 5.74) is 6.08. The van der Waals surface area contributed by atoms with E-state index in [1.807, 2.05) is 0 Å². The quantitative estimate of drug-likeness (QED) is 0.907. The zero-order valence-corrected chi connectivity index (χ0v) is 11.1. The Hall–Kier alpha value is -0.940. The third-order valence-corrected chi connectivity index (χ3v) is 2.22. The van der Waals surface area contributed by atoms with Gasteiger partial charge in [-0.15, -0.1) is 0 Å². The molecule has 1 aromatic rings. The molecular weight excluding hydrogens is 292 g/mol. The summed E-state index contributed by atoms with van der Waals surface area (Å²) >= 11 is 3.05. The fourth-order valence-corrected chi connectivity index (χ4v) is 1.50. The van der Waals surface area contributed by atoms with Crippen molar-refractivity contribution in [3.63, 3.8) is 0 Å². The van der Waals surface area contributed by atoms with Crippen LogP contribution in [0.4, 0.5) is 8.78 Å². The largest absolute Gasteiger partial charge is 0.482 e. The van der Waals surface area contributed by atoms with Crippen molar-refractivity contribution in [2.75, 3.05) is 6.61 Å². The van der Waals surface area contributed by atoms with Crippen molar-refractivity contribution >= 4 is 15.9 Å². The summed E-state index contributed by atoms with van der Waals surface area (Å²) in [4.78, 5) is 0. The first kappa shape index (κ1) is 14.1. The van der Waals surface area contributed by atoms with Crippen LogP contribution in [0, 0.1) is 11.6 Å². The molecule has 0 aromatic heterocycles. The van der Waals surface area contributed by atoms with E-state index in [9.17, 15) is 8.78 Å². The van der Waals surface area contributed by atoms with Gasteiger partial charge in [-0.25, -0.2) is 8.78 Å². The number of nitrogens with two attached hydrogens (primary N) is 1. The van der Waals surface area contributed by atoms with Gasteiger partial charge < -0.3 is 10.5 Å². The lowest BCUT2D eigenvalue weighted by atomic mass is 10.1. The SMILES string of the molecule is C=C(Br)COc1c(F)cc(CC(C)N)cc1F. The van der Waals surface area contributed by atoms with E-state index < -0.39 is 11.6 Å². The van der Waals surface area contributed by atoms with Crippen LogP contribution in [0.25, 0.3) is 0 Å². The molecule has 2 N–H and O–H groups in total. The Balaban J connectivity index is 2.90. The lowest BCUT2D eigenvalue weighted by Crippen LogP contribution is -2.18. The molecule has 0 radical (unpaired) electrons. The second-order valence-electron chi connectivity index (χ2n) is 3.88. The van der Waals surface area contributed by atoms with E-state index in [2.05, 4.69) is 22.5 Å². The van der Waals surface area contributed by atoms with E-state index in [1.54, 1.807) is 6.92 Å². The number of hydrogen-bond donors (Lipinski definition) is 1. The highest BCUT2D eigenvalue weighted by Gasteiger charge is 2.13. The highest BCUT2D eigenvalue weighted by atomic mass is 79.9. The van der Waals surface area contributed by atoms with Gasteiger partial charge in [0.2, 0.25) is 0 Å². The molecule has 1 aromatic carbocycles.